The summed E-state index contributed by atoms with van der Waals surface area (Å²) in [4.78, 5) is 9.83. The third-order valence-electron chi connectivity index (χ3n) is 0.501. The number of nitrogens with two attached hydrogens (primary N) is 1. The van der Waals surface area contributed by atoms with Crippen molar-refractivity contribution in [3.8, 4) is 0 Å². The van der Waals surface area contributed by atoms with Crippen LogP contribution in [0, 0.1) is 0 Å². The number of carboxylic acids is 1. The molecule has 3 N–H and O–H groups in total. The Hall–Kier alpha value is -0.540. The quantitative estimate of drug-likeness (QED) is 0.530. The van der Waals surface area contributed by atoms with Gasteiger partial charge in [0, 0.05) is 6.54 Å². The van der Waals surface area contributed by atoms with Crippen molar-refractivity contribution in [2.24, 2.45) is 5.73 Å². The zero-order chi connectivity index (χ0) is 6.57. The molecule has 0 aliphatic carbocycles. The first-order valence-corrected chi connectivity index (χ1v) is 2.35. The fourth-order valence-corrected chi connectivity index (χ4v) is 0.280. The molecule has 0 atom stereocenters. The summed E-state index contributed by atoms with van der Waals surface area (Å²) in [6.07, 6.45) is 1.23. The molecule has 0 radical (unpaired) electrons. The van der Waals surface area contributed by atoms with Gasteiger partial charge in [-0.2, -0.15) is 0 Å². The Morgan fingerprint density at radius 3 is 2.50 bits per heavy atom. The van der Waals surface area contributed by atoms with Gasteiger partial charge in [0.2, 0.25) is 0 Å². The lowest BCUT2D eigenvalue weighted by Crippen LogP contribution is -1.99. The molecule has 0 aromatic heterocycles. The van der Waals surface area contributed by atoms with Crippen LogP contribution in [0.1, 0.15) is 0 Å². The smallest absolute Gasteiger partial charge is 0.347 e. The third kappa shape index (κ3) is 2.60. The molecule has 0 aromatic rings. The van der Waals surface area contributed by atoms with Crippen LogP contribution in [0.5, 0.6) is 0 Å². The van der Waals surface area contributed by atoms with Crippen molar-refractivity contribution in [3.05, 3.63) is 11.1 Å². The summed E-state index contributed by atoms with van der Waals surface area (Å²) >= 11 is 5.10. The summed E-state index contributed by atoms with van der Waals surface area (Å²) in [5.41, 5.74) is 4.94. The molecule has 0 rings (SSSR count). The van der Waals surface area contributed by atoms with E-state index in [9.17, 15) is 4.79 Å². The van der Waals surface area contributed by atoms with E-state index in [1.807, 2.05) is 0 Å². The highest BCUT2D eigenvalue weighted by atomic mass is 35.5. The minimum Gasteiger partial charge on any atom is -0.477 e. The lowest BCUT2D eigenvalue weighted by Gasteiger charge is -1.84. The Bertz CT molecular complexity index is 121. The summed E-state index contributed by atoms with van der Waals surface area (Å²) in [6.45, 7) is 0.158. The van der Waals surface area contributed by atoms with Crippen molar-refractivity contribution >= 4 is 17.6 Å². The van der Waals surface area contributed by atoms with Crippen LogP contribution < -0.4 is 5.73 Å². The van der Waals surface area contributed by atoms with Crippen molar-refractivity contribution in [2.75, 3.05) is 6.54 Å². The standard InChI is InChI=1S/C4H6ClNO2/c5-3(1-2-6)4(7)8/h1H,2,6H2,(H,7,8)/b3-1-. The van der Waals surface area contributed by atoms with Crippen LogP contribution in [-0.2, 0) is 4.79 Å². The van der Waals surface area contributed by atoms with Crippen molar-refractivity contribution in [3.63, 3.8) is 0 Å². The highest BCUT2D eigenvalue weighted by molar-refractivity contribution is 6.40. The summed E-state index contributed by atoms with van der Waals surface area (Å²) in [5, 5.41) is 7.83. The maximum absolute atomic E-state index is 9.83. The average Bonchev–Trinajstić information content (AvgIpc) is 1.67. The number of aliphatic carboxylic acids is 1. The summed E-state index contributed by atoms with van der Waals surface area (Å²) in [6, 6.07) is 0. The second kappa shape index (κ2) is 3.46. The van der Waals surface area contributed by atoms with Gasteiger partial charge in [-0.3, -0.25) is 0 Å². The Morgan fingerprint density at radius 2 is 2.38 bits per heavy atom. The molecule has 0 unspecified atom stereocenters. The molecule has 4 heteroatoms. The van der Waals surface area contributed by atoms with Crippen molar-refractivity contribution in [2.45, 2.75) is 0 Å². The van der Waals surface area contributed by atoms with Gasteiger partial charge in [0.05, 0.1) is 0 Å². The predicted molar refractivity (Wildman–Crippen MR) is 30.6 cm³/mol. The van der Waals surface area contributed by atoms with Gasteiger partial charge in [0.25, 0.3) is 0 Å². The first-order valence-electron chi connectivity index (χ1n) is 1.97. The molecule has 0 aliphatic heterocycles. The number of carbonyl (C=O) groups is 1. The molecule has 3 nitrogen and oxygen atoms in total. The molecule has 0 amide bonds. The highest BCUT2D eigenvalue weighted by Gasteiger charge is 1.98. The SMILES string of the molecule is NC/C=C(\Cl)C(=O)O. The number of halogens is 1. The molecule has 0 fully saturated rings. The van der Waals surface area contributed by atoms with Crippen LogP contribution in [0.3, 0.4) is 0 Å². The number of carboxylic acid groups (broad SMARTS) is 1. The monoisotopic (exact) mass is 135 g/mol. The van der Waals surface area contributed by atoms with Gasteiger partial charge in [-0.05, 0) is 6.08 Å². The van der Waals surface area contributed by atoms with Crippen molar-refractivity contribution in [1.82, 2.24) is 0 Å². The summed E-state index contributed by atoms with van der Waals surface area (Å²) in [7, 11) is 0. The summed E-state index contributed by atoms with van der Waals surface area (Å²) < 4.78 is 0. The Kier molecular flexibility index (Phi) is 3.23. The largest absolute Gasteiger partial charge is 0.477 e. The molecule has 0 bridgehead atoms. The molecule has 46 valence electrons. The van der Waals surface area contributed by atoms with E-state index in [-0.39, 0.29) is 11.6 Å². The fraction of sp³-hybridized carbons (Fsp3) is 0.250. The third-order valence-corrected chi connectivity index (χ3v) is 0.817. The van der Waals surface area contributed by atoms with Crippen LogP contribution in [0.25, 0.3) is 0 Å². The van der Waals surface area contributed by atoms with Gasteiger partial charge >= 0.3 is 5.97 Å². The lowest BCUT2D eigenvalue weighted by atomic mass is 10.5. The second-order valence-corrected chi connectivity index (χ2v) is 1.50. The van der Waals surface area contributed by atoms with Gasteiger partial charge in [0.1, 0.15) is 5.03 Å². The van der Waals surface area contributed by atoms with Crippen LogP contribution in [0.2, 0.25) is 0 Å². The maximum Gasteiger partial charge on any atom is 0.347 e. The minimum absolute atomic E-state index is 0.158. The molecular weight excluding hydrogens is 130 g/mol. The number of rotatable bonds is 2. The van der Waals surface area contributed by atoms with Crippen LogP contribution in [-0.4, -0.2) is 17.6 Å². The first kappa shape index (κ1) is 7.46. The van der Waals surface area contributed by atoms with E-state index in [0.29, 0.717) is 0 Å². The first-order chi connectivity index (χ1) is 3.68. The molecule has 0 spiro atoms. The summed E-state index contributed by atoms with van der Waals surface area (Å²) in [5.74, 6) is -1.14. The van der Waals surface area contributed by atoms with Gasteiger partial charge in [0.15, 0.2) is 0 Å². The lowest BCUT2D eigenvalue weighted by molar-refractivity contribution is -0.131. The van der Waals surface area contributed by atoms with Gasteiger partial charge in [-0.1, -0.05) is 11.6 Å². The van der Waals surface area contributed by atoms with Crippen LogP contribution in [0.15, 0.2) is 11.1 Å². The predicted octanol–water partition coefficient (Wildman–Crippen LogP) is 0.152. The van der Waals surface area contributed by atoms with Crippen LogP contribution >= 0.6 is 11.6 Å². The minimum atomic E-state index is -1.14. The second-order valence-electron chi connectivity index (χ2n) is 1.09. The molecule has 0 saturated carbocycles. The number of hydrogen-bond donors (Lipinski definition) is 2. The maximum atomic E-state index is 9.83. The highest BCUT2D eigenvalue weighted by Crippen LogP contribution is 1.97. The van der Waals surface area contributed by atoms with E-state index < -0.39 is 5.97 Å². The zero-order valence-corrected chi connectivity index (χ0v) is 4.85. The zero-order valence-electron chi connectivity index (χ0n) is 4.10. The Balaban J connectivity index is 3.80. The number of hydrogen-bond acceptors (Lipinski definition) is 2. The Labute approximate surface area is 51.7 Å². The van der Waals surface area contributed by atoms with Crippen molar-refractivity contribution in [1.29, 1.82) is 0 Å². The van der Waals surface area contributed by atoms with E-state index in [2.05, 4.69) is 0 Å². The molecular formula is C4H6ClNO2. The Morgan fingerprint density at radius 1 is 1.88 bits per heavy atom. The average molecular weight is 136 g/mol. The van der Waals surface area contributed by atoms with Gasteiger partial charge < -0.3 is 10.8 Å². The van der Waals surface area contributed by atoms with E-state index in [1.54, 1.807) is 0 Å². The van der Waals surface area contributed by atoms with Crippen LogP contribution in [0.4, 0.5) is 0 Å². The van der Waals surface area contributed by atoms with Gasteiger partial charge in [-0.15, -0.1) is 0 Å². The normalized spacial score (nSPS) is 11.5. The van der Waals surface area contributed by atoms with E-state index >= 15 is 0 Å². The topological polar surface area (TPSA) is 63.3 Å². The molecule has 0 heterocycles. The molecule has 0 aromatic carbocycles. The fourth-order valence-electron chi connectivity index (χ4n) is 0.191. The molecule has 0 aliphatic rings. The van der Waals surface area contributed by atoms with E-state index in [0.717, 1.165) is 0 Å². The van der Waals surface area contributed by atoms with E-state index in [4.69, 9.17) is 22.4 Å². The molecule has 8 heavy (non-hydrogen) atoms. The van der Waals surface area contributed by atoms with E-state index in [1.165, 1.54) is 6.08 Å². The molecule has 0 saturated heterocycles. The van der Waals surface area contributed by atoms with Gasteiger partial charge in [-0.25, -0.2) is 4.79 Å². The van der Waals surface area contributed by atoms with Crippen molar-refractivity contribution < 1.29 is 9.90 Å².